The van der Waals surface area contributed by atoms with Crippen molar-refractivity contribution in [1.82, 2.24) is 9.36 Å². The Bertz CT molecular complexity index is 686. The average Bonchev–Trinajstić information content (AvgIpc) is 3.10. The molecule has 2 unspecified atom stereocenters. The smallest absolute Gasteiger partial charge is 0.205 e. The molecular weight excluding hydrogens is 292 g/mol. The first-order chi connectivity index (χ1) is 10.9. The molecule has 2 aliphatic rings. The largest absolute Gasteiger partial charge is 0.342 e. The number of rotatable bonds is 4. The molecule has 1 aromatic carbocycles. The molecule has 2 aromatic rings. The van der Waals surface area contributed by atoms with Gasteiger partial charge < -0.3 is 4.90 Å². The van der Waals surface area contributed by atoms with Crippen molar-refractivity contribution in [2.75, 3.05) is 11.4 Å². The monoisotopic (exact) mass is 310 g/mol. The van der Waals surface area contributed by atoms with E-state index in [0.717, 1.165) is 35.9 Å². The van der Waals surface area contributed by atoms with Crippen molar-refractivity contribution in [1.29, 1.82) is 5.26 Å². The van der Waals surface area contributed by atoms with E-state index in [1.54, 1.807) is 0 Å². The molecule has 0 radical (unpaired) electrons. The van der Waals surface area contributed by atoms with Crippen LogP contribution >= 0.6 is 11.5 Å². The predicted octanol–water partition coefficient (Wildman–Crippen LogP) is 3.69. The zero-order valence-corrected chi connectivity index (χ0v) is 13.2. The van der Waals surface area contributed by atoms with Crippen LogP contribution in [0.1, 0.15) is 48.9 Å². The fraction of sp³-hybridized carbons (Fsp3) is 0.471. The molecule has 0 N–H and O–H groups in total. The second-order valence-electron chi connectivity index (χ2n) is 6.13. The Labute approximate surface area is 134 Å². The van der Waals surface area contributed by atoms with Crippen LogP contribution in [-0.2, 0) is 0 Å². The predicted molar refractivity (Wildman–Crippen MR) is 87.0 cm³/mol. The fourth-order valence-electron chi connectivity index (χ4n) is 3.27. The third-order valence-electron chi connectivity index (χ3n) is 4.60. The summed E-state index contributed by atoms with van der Waals surface area (Å²) < 4.78 is 4.52. The van der Waals surface area contributed by atoms with Gasteiger partial charge in [-0.25, -0.2) is 4.98 Å². The van der Waals surface area contributed by atoms with Crippen LogP contribution in [0.3, 0.4) is 0 Å². The van der Waals surface area contributed by atoms with E-state index < -0.39 is 0 Å². The Morgan fingerprint density at radius 3 is 2.77 bits per heavy atom. The maximum atomic E-state index is 9.70. The van der Waals surface area contributed by atoms with Gasteiger partial charge in [0.2, 0.25) is 5.13 Å². The van der Waals surface area contributed by atoms with E-state index in [1.165, 1.54) is 24.4 Å². The molecule has 112 valence electrons. The van der Waals surface area contributed by atoms with Crippen molar-refractivity contribution in [2.45, 2.75) is 43.6 Å². The number of nitriles is 1. The van der Waals surface area contributed by atoms with Crippen molar-refractivity contribution in [3.8, 4) is 6.07 Å². The molecule has 1 saturated heterocycles. The zero-order chi connectivity index (χ0) is 14.9. The molecule has 1 saturated carbocycles. The van der Waals surface area contributed by atoms with Gasteiger partial charge in [-0.2, -0.15) is 9.64 Å². The van der Waals surface area contributed by atoms with E-state index in [4.69, 9.17) is 4.98 Å². The third kappa shape index (κ3) is 2.48. The second kappa shape index (κ2) is 5.69. The summed E-state index contributed by atoms with van der Waals surface area (Å²) in [6.07, 6.45) is 4.62. The second-order valence-corrected chi connectivity index (χ2v) is 6.86. The summed E-state index contributed by atoms with van der Waals surface area (Å²) in [6, 6.07) is 12.9. The van der Waals surface area contributed by atoms with Crippen LogP contribution in [0.4, 0.5) is 5.13 Å². The quantitative estimate of drug-likeness (QED) is 0.864. The Kier molecular flexibility index (Phi) is 3.55. The van der Waals surface area contributed by atoms with Gasteiger partial charge in [-0.05, 0) is 31.2 Å². The van der Waals surface area contributed by atoms with Crippen molar-refractivity contribution in [3.63, 3.8) is 0 Å². The van der Waals surface area contributed by atoms with Crippen molar-refractivity contribution in [2.24, 2.45) is 0 Å². The van der Waals surface area contributed by atoms with Gasteiger partial charge in [-0.3, -0.25) is 0 Å². The Morgan fingerprint density at radius 1 is 1.23 bits per heavy atom. The molecule has 4 nitrogen and oxygen atoms in total. The normalized spacial score (nSPS) is 22.5. The SMILES string of the molecule is N#CC(c1ccccc1)C1CCCN1c1nc(C2CC2)ns1. The van der Waals surface area contributed by atoms with Gasteiger partial charge in [0.05, 0.1) is 18.0 Å². The van der Waals surface area contributed by atoms with Gasteiger partial charge in [0.15, 0.2) is 0 Å². The van der Waals surface area contributed by atoms with E-state index >= 15 is 0 Å². The van der Waals surface area contributed by atoms with E-state index in [2.05, 4.69) is 27.5 Å². The van der Waals surface area contributed by atoms with Crippen LogP contribution in [0.5, 0.6) is 0 Å². The number of nitrogens with zero attached hydrogens (tertiary/aromatic N) is 4. The minimum absolute atomic E-state index is 0.100. The first-order valence-electron chi connectivity index (χ1n) is 7.91. The number of aromatic nitrogens is 2. The summed E-state index contributed by atoms with van der Waals surface area (Å²) in [7, 11) is 0. The molecule has 2 heterocycles. The summed E-state index contributed by atoms with van der Waals surface area (Å²) in [5.41, 5.74) is 1.11. The molecule has 2 fully saturated rings. The van der Waals surface area contributed by atoms with Gasteiger partial charge in [0, 0.05) is 24.0 Å². The van der Waals surface area contributed by atoms with Gasteiger partial charge in [0.1, 0.15) is 5.82 Å². The topological polar surface area (TPSA) is 52.8 Å². The number of benzene rings is 1. The Morgan fingerprint density at radius 2 is 2.05 bits per heavy atom. The van der Waals surface area contributed by atoms with Crippen molar-refractivity contribution in [3.05, 3.63) is 41.7 Å². The highest BCUT2D eigenvalue weighted by Gasteiger charge is 2.36. The lowest BCUT2D eigenvalue weighted by Gasteiger charge is -2.27. The van der Waals surface area contributed by atoms with Crippen LogP contribution < -0.4 is 4.90 Å². The molecule has 0 bridgehead atoms. The maximum absolute atomic E-state index is 9.70. The fourth-order valence-corrected chi connectivity index (χ4v) is 4.10. The first-order valence-corrected chi connectivity index (χ1v) is 8.69. The Balaban J connectivity index is 1.60. The average molecular weight is 310 g/mol. The highest BCUT2D eigenvalue weighted by Crippen LogP contribution is 2.41. The molecule has 1 aliphatic carbocycles. The first kappa shape index (κ1) is 13.7. The minimum Gasteiger partial charge on any atom is -0.342 e. The molecule has 5 heteroatoms. The van der Waals surface area contributed by atoms with Crippen LogP contribution in [0.15, 0.2) is 30.3 Å². The lowest BCUT2D eigenvalue weighted by molar-refractivity contribution is 0.610. The van der Waals surface area contributed by atoms with Gasteiger partial charge in [0.25, 0.3) is 0 Å². The van der Waals surface area contributed by atoms with Gasteiger partial charge >= 0.3 is 0 Å². The maximum Gasteiger partial charge on any atom is 0.205 e. The van der Waals surface area contributed by atoms with Gasteiger partial charge in [-0.1, -0.05) is 30.3 Å². The highest BCUT2D eigenvalue weighted by molar-refractivity contribution is 7.09. The van der Waals surface area contributed by atoms with E-state index in [1.807, 2.05) is 18.2 Å². The van der Waals surface area contributed by atoms with Crippen LogP contribution in [-0.4, -0.2) is 21.9 Å². The standard InChI is InChI=1S/C17H18N4S/c18-11-14(12-5-2-1-3-6-12)15-7-4-10-21(15)17-19-16(20-22-17)13-8-9-13/h1-3,5-6,13-15H,4,7-10H2. The van der Waals surface area contributed by atoms with Crippen LogP contribution in [0, 0.1) is 11.3 Å². The minimum atomic E-state index is -0.100. The molecule has 1 aromatic heterocycles. The molecule has 0 spiro atoms. The summed E-state index contributed by atoms with van der Waals surface area (Å²) in [6.45, 7) is 0.981. The Hall–Kier alpha value is -1.93. The number of anilines is 1. The highest BCUT2D eigenvalue weighted by atomic mass is 32.1. The van der Waals surface area contributed by atoms with Crippen LogP contribution in [0.25, 0.3) is 0 Å². The van der Waals surface area contributed by atoms with E-state index in [9.17, 15) is 5.26 Å². The van der Waals surface area contributed by atoms with Crippen LogP contribution in [0.2, 0.25) is 0 Å². The number of hydrogen-bond donors (Lipinski definition) is 0. The van der Waals surface area contributed by atoms with Crippen molar-refractivity contribution < 1.29 is 0 Å². The molecule has 4 rings (SSSR count). The zero-order valence-electron chi connectivity index (χ0n) is 12.4. The third-order valence-corrected chi connectivity index (χ3v) is 5.37. The lowest BCUT2D eigenvalue weighted by atomic mass is 9.91. The molecular formula is C17H18N4S. The molecule has 0 amide bonds. The number of hydrogen-bond acceptors (Lipinski definition) is 5. The summed E-state index contributed by atoms with van der Waals surface area (Å²) in [4.78, 5) is 7.05. The lowest BCUT2D eigenvalue weighted by Crippen LogP contribution is -2.34. The van der Waals surface area contributed by atoms with Gasteiger partial charge in [-0.15, -0.1) is 0 Å². The summed E-state index contributed by atoms with van der Waals surface area (Å²) >= 11 is 1.50. The summed E-state index contributed by atoms with van der Waals surface area (Å²) in [5.74, 6) is 1.50. The van der Waals surface area contributed by atoms with Crippen molar-refractivity contribution >= 4 is 16.7 Å². The molecule has 1 aliphatic heterocycles. The summed E-state index contributed by atoms with van der Waals surface area (Å²) in [5, 5.41) is 10.7. The van der Waals surface area contributed by atoms with E-state index in [-0.39, 0.29) is 12.0 Å². The van der Waals surface area contributed by atoms with E-state index in [0.29, 0.717) is 5.92 Å². The molecule has 2 atom stereocenters. The molecule has 22 heavy (non-hydrogen) atoms.